The summed E-state index contributed by atoms with van der Waals surface area (Å²) in [6.07, 6.45) is 5.65. The van der Waals surface area contributed by atoms with E-state index in [4.69, 9.17) is 9.47 Å². The number of unbranched alkanes of at least 4 members (excludes halogenated alkanes) is 3. The zero-order chi connectivity index (χ0) is 18.3. The Labute approximate surface area is 149 Å². The SMILES string of the molecule is COC(=O)CCCCCCc1ccc(OCCOCC(=O)OC)cc1. The third-order valence-electron chi connectivity index (χ3n) is 3.69. The fraction of sp³-hybridized carbons (Fsp3) is 0.579. The molecule has 0 spiro atoms. The Morgan fingerprint density at radius 1 is 0.840 bits per heavy atom. The van der Waals surface area contributed by atoms with E-state index < -0.39 is 5.97 Å². The first-order valence-corrected chi connectivity index (χ1v) is 8.59. The van der Waals surface area contributed by atoms with E-state index in [0.29, 0.717) is 19.6 Å². The number of hydrogen-bond donors (Lipinski definition) is 0. The van der Waals surface area contributed by atoms with Gasteiger partial charge in [-0.2, -0.15) is 0 Å². The minimum atomic E-state index is -0.394. The van der Waals surface area contributed by atoms with Gasteiger partial charge in [-0.05, 0) is 37.0 Å². The van der Waals surface area contributed by atoms with Crippen LogP contribution in [0.3, 0.4) is 0 Å². The van der Waals surface area contributed by atoms with Gasteiger partial charge < -0.3 is 18.9 Å². The standard InChI is InChI=1S/C19H28O6/c1-22-18(20)8-6-4-3-5-7-16-9-11-17(12-10-16)25-14-13-24-15-19(21)23-2/h9-12H,3-8,13-15H2,1-2H3. The Morgan fingerprint density at radius 2 is 1.52 bits per heavy atom. The van der Waals surface area contributed by atoms with Crippen LogP contribution in [0.2, 0.25) is 0 Å². The molecule has 1 aromatic carbocycles. The van der Waals surface area contributed by atoms with E-state index in [0.717, 1.165) is 37.9 Å². The number of ether oxygens (including phenoxy) is 4. The predicted octanol–water partition coefficient (Wildman–Crippen LogP) is 2.92. The highest BCUT2D eigenvalue weighted by molar-refractivity contribution is 5.70. The zero-order valence-electron chi connectivity index (χ0n) is 15.1. The molecule has 0 heterocycles. The molecule has 25 heavy (non-hydrogen) atoms. The molecule has 140 valence electrons. The number of esters is 2. The van der Waals surface area contributed by atoms with Crippen LogP contribution >= 0.6 is 0 Å². The van der Waals surface area contributed by atoms with Crippen LogP contribution in [0.4, 0.5) is 0 Å². The van der Waals surface area contributed by atoms with Crippen LogP contribution in [0.15, 0.2) is 24.3 Å². The molecule has 0 aliphatic rings. The van der Waals surface area contributed by atoms with E-state index in [1.165, 1.54) is 19.8 Å². The number of benzene rings is 1. The van der Waals surface area contributed by atoms with Crippen molar-refractivity contribution in [2.24, 2.45) is 0 Å². The fourth-order valence-electron chi connectivity index (χ4n) is 2.24. The van der Waals surface area contributed by atoms with Crippen molar-refractivity contribution in [2.75, 3.05) is 34.0 Å². The first-order chi connectivity index (χ1) is 12.2. The van der Waals surface area contributed by atoms with Crippen molar-refractivity contribution < 1.29 is 28.5 Å². The zero-order valence-corrected chi connectivity index (χ0v) is 15.1. The molecule has 0 N–H and O–H groups in total. The van der Waals surface area contributed by atoms with E-state index in [1.54, 1.807) is 0 Å². The minimum absolute atomic E-state index is 0.0571. The second kappa shape index (κ2) is 13.2. The Hall–Kier alpha value is -2.08. The number of methoxy groups -OCH3 is 2. The smallest absolute Gasteiger partial charge is 0.331 e. The van der Waals surface area contributed by atoms with Gasteiger partial charge in [0.15, 0.2) is 0 Å². The van der Waals surface area contributed by atoms with Crippen LogP contribution in [0.5, 0.6) is 5.75 Å². The van der Waals surface area contributed by atoms with Crippen molar-refractivity contribution in [3.63, 3.8) is 0 Å². The van der Waals surface area contributed by atoms with E-state index in [9.17, 15) is 9.59 Å². The van der Waals surface area contributed by atoms with Gasteiger partial charge in [0.25, 0.3) is 0 Å². The van der Waals surface area contributed by atoms with Crippen molar-refractivity contribution in [1.29, 1.82) is 0 Å². The fourth-order valence-corrected chi connectivity index (χ4v) is 2.24. The first kappa shape index (κ1) is 21.0. The molecule has 1 aromatic rings. The molecule has 6 heteroatoms. The minimum Gasteiger partial charge on any atom is -0.491 e. The van der Waals surface area contributed by atoms with Gasteiger partial charge in [0.05, 0.1) is 20.8 Å². The third-order valence-corrected chi connectivity index (χ3v) is 3.69. The summed E-state index contributed by atoms with van der Waals surface area (Å²) in [6.45, 7) is 0.664. The summed E-state index contributed by atoms with van der Waals surface area (Å²) in [6, 6.07) is 7.98. The summed E-state index contributed by atoms with van der Waals surface area (Å²) >= 11 is 0. The van der Waals surface area contributed by atoms with Crippen LogP contribution < -0.4 is 4.74 Å². The molecule has 0 fully saturated rings. The summed E-state index contributed by atoms with van der Waals surface area (Å²) in [5, 5.41) is 0. The van der Waals surface area contributed by atoms with Crippen LogP contribution in [-0.2, 0) is 30.2 Å². The summed E-state index contributed by atoms with van der Waals surface area (Å²) in [7, 11) is 2.75. The Morgan fingerprint density at radius 3 is 2.20 bits per heavy atom. The molecular weight excluding hydrogens is 324 g/mol. The second-order valence-electron chi connectivity index (χ2n) is 5.61. The topological polar surface area (TPSA) is 71.1 Å². The number of hydrogen-bond acceptors (Lipinski definition) is 6. The van der Waals surface area contributed by atoms with E-state index in [2.05, 4.69) is 21.6 Å². The van der Waals surface area contributed by atoms with Crippen LogP contribution in [0.25, 0.3) is 0 Å². The number of carbonyl (C=O) groups excluding carboxylic acids is 2. The lowest BCUT2D eigenvalue weighted by Crippen LogP contribution is -2.14. The summed E-state index contributed by atoms with van der Waals surface area (Å²) in [4.78, 5) is 21.9. The first-order valence-electron chi connectivity index (χ1n) is 8.59. The van der Waals surface area contributed by atoms with E-state index in [-0.39, 0.29) is 12.6 Å². The molecule has 0 unspecified atom stereocenters. The maximum atomic E-state index is 11.0. The van der Waals surface area contributed by atoms with Gasteiger partial charge >= 0.3 is 11.9 Å². The third kappa shape index (κ3) is 10.4. The molecule has 6 nitrogen and oxygen atoms in total. The lowest BCUT2D eigenvalue weighted by Gasteiger charge is -2.08. The van der Waals surface area contributed by atoms with Crippen molar-refractivity contribution in [1.82, 2.24) is 0 Å². The monoisotopic (exact) mass is 352 g/mol. The van der Waals surface area contributed by atoms with E-state index in [1.807, 2.05) is 12.1 Å². The van der Waals surface area contributed by atoms with Crippen molar-refractivity contribution >= 4 is 11.9 Å². The van der Waals surface area contributed by atoms with Gasteiger partial charge in [0, 0.05) is 6.42 Å². The summed E-state index contributed by atoms with van der Waals surface area (Å²) in [5.74, 6) is 0.254. The predicted molar refractivity (Wildman–Crippen MR) is 93.6 cm³/mol. The van der Waals surface area contributed by atoms with Crippen LogP contribution in [-0.4, -0.2) is 46.0 Å². The number of carbonyl (C=O) groups is 2. The highest BCUT2D eigenvalue weighted by Gasteiger charge is 2.01. The van der Waals surface area contributed by atoms with Gasteiger partial charge in [-0.1, -0.05) is 25.0 Å². The lowest BCUT2D eigenvalue weighted by atomic mass is 10.1. The quantitative estimate of drug-likeness (QED) is 0.401. The van der Waals surface area contributed by atoms with Crippen LogP contribution in [0, 0.1) is 0 Å². The molecule has 0 aliphatic heterocycles. The highest BCUT2D eigenvalue weighted by Crippen LogP contribution is 2.15. The maximum Gasteiger partial charge on any atom is 0.331 e. The van der Waals surface area contributed by atoms with Crippen molar-refractivity contribution in [3.05, 3.63) is 29.8 Å². The van der Waals surface area contributed by atoms with Gasteiger partial charge in [-0.25, -0.2) is 4.79 Å². The molecule has 0 amide bonds. The van der Waals surface area contributed by atoms with Crippen molar-refractivity contribution in [3.8, 4) is 5.75 Å². The number of rotatable bonds is 13. The van der Waals surface area contributed by atoms with Gasteiger partial charge in [-0.3, -0.25) is 4.79 Å². The molecule has 0 atom stereocenters. The molecule has 0 saturated heterocycles. The molecule has 0 bridgehead atoms. The van der Waals surface area contributed by atoms with Gasteiger partial charge in [0.2, 0.25) is 0 Å². The molecule has 0 aromatic heterocycles. The average molecular weight is 352 g/mol. The molecule has 1 rings (SSSR count). The largest absolute Gasteiger partial charge is 0.491 e. The molecule has 0 radical (unpaired) electrons. The average Bonchev–Trinajstić information content (AvgIpc) is 2.64. The molecule has 0 saturated carbocycles. The van der Waals surface area contributed by atoms with Gasteiger partial charge in [0.1, 0.15) is 19.0 Å². The number of aryl methyl sites for hydroxylation is 1. The normalized spacial score (nSPS) is 10.3. The van der Waals surface area contributed by atoms with E-state index >= 15 is 0 Å². The molecular formula is C19H28O6. The Balaban J connectivity index is 2.09. The van der Waals surface area contributed by atoms with Crippen molar-refractivity contribution in [2.45, 2.75) is 38.5 Å². The maximum absolute atomic E-state index is 11.0. The van der Waals surface area contributed by atoms with Crippen LogP contribution in [0.1, 0.15) is 37.7 Å². The molecule has 0 aliphatic carbocycles. The summed E-state index contributed by atoms with van der Waals surface area (Å²) in [5.41, 5.74) is 1.27. The second-order valence-corrected chi connectivity index (χ2v) is 5.61. The highest BCUT2D eigenvalue weighted by atomic mass is 16.6. The van der Waals surface area contributed by atoms with Gasteiger partial charge in [-0.15, -0.1) is 0 Å². The lowest BCUT2D eigenvalue weighted by molar-refractivity contribution is -0.146. The Kier molecular flexibility index (Phi) is 11.1. The summed E-state index contributed by atoms with van der Waals surface area (Å²) < 4.78 is 19.7. The Bertz CT molecular complexity index is 497.